The Kier molecular flexibility index (Phi) is 9.86. The van der Waals surface area contributed by atoms with Crippen LogP contribution in [0.5, 0.6) is 0 Å². The molecular formula is C39H35ClN2O3S. The van der Waals surface area contributed by atoms with E-state index in [1.54, 1.807) is 11.8 Å². The molecule has 0 bridgehead atoms. The molecule has 1 heterocycles. The van der Waals surface area contributed by atoms with Gasteiger partial charge in [-0.1, -0.05) is 71.4 Å². The van der Waals surface area contributed by atoms with Gasteiger partial charge in [0.25, 0.3) is 0 Å². The van der Waals surface area contributed by atoms with E-state index in [4.69, 9.17) is 16.4 Å². The number of nitrogens with zero attached hydrogens (tertiary/aromatic N) is 2. The number of benzene rings is 4. The minimum Gasteiger partial charge on any atom is -0.341 e. The molecule has 5 nitrogen and oxygen atoms in total. The molecule has 1 aromatic heterocycles. The molecule has 46 heavy (non-hydrogen) atoms. The van der Waals surface area contributed by atoms with Crippen molar-refractivity contribution in [3.63, 3.8) is 0 Å². The number of carbonyl (C=O) groups is 2. The summed E-state index contributed by atoms with van der Waals surface area (Å²) < 4.78 is 2.26. The van der Waals surface area contributed by atoms with Gasteiger partial charge in [-0.3, -0.25) is 4.79 Å². The number of hydrogen-bond donors (Lipinski definition) is 0. The summed E-state index contributed by atoms with van der Waals surface area (Å²) in [6.45, 7) is 4.87. The van der Waals surface area contributed by atoms with Gasteiger partial charge in [-0.05, 0) is 99.0 Å². The summed E-state index contributed by atoms with van der Waals surface area (Å²) in [7, 11) is 0. The fourth-order valence-electron chi connectivity index (χ4n) is 5.87. The summed E-state index contributed by atoms with van der Waals surface area (Å²) in [6.07, 6.45) is 9.66. The van der Waals surface area contributed by atoms with E-state index in [0.717, 1.165) is 61.6 Å². The van der Waals surface area contributed by atoms with Crippen molar-refractivity contribution >= 4 is 62.6 Å². The first-order valence-electron chi connectivity index (χ1n) is 15.6. The molecule has 0 saturated carbocycles. The minimum atomic E-state index is -0.364. The summed E-state index contributed by atoms with van der Waals surface area (Å²) in [5.41, 5.74) is 6.06. The molecule has 0 saturated heterocycles. The summed E-state index contributed by atoms with van der Waals surface area (Å²) in [4.78, 5) is 33.1. The number of aromatic nitrogens is 1. The van der Waals surface area contributed by atoms with Gasteiger partial charge in [-0.15, -0.1) is 11.8 Å². The fourth-order valence-corrected chi connectivity index (χ4v) is 6.85. The first-order chi connectivity index (χ1) is 22.4. The van der Waals surface area contributed by atoms with Crippen LogP contribution in [0.15, 0.2) is 119 Å². The molecule has 232 valence electrons. The summed E-state index contributed by atoms with van der Waals surface area (Å²) >= 11 is 7.81. The zero-order chi connectivity index (χ0) is 32.0. The zero-order valence-electron chi connectivity index (χ0n) is 25.9. The Morgan fingerprint density at radius 3 is 2.35 bits per heavy atom. The van der Waals surface area contributed by atoms with Crippen LogP contribution in [0.3, 0.4) is 0 Å². The van der Waals surface area contributed by atoms with Gasteiger partial charge in [0.1, 0.15) is 0 Å². The minimum absolute atomic E-state index is 0.00696. The maximum Gasteiger partial charge on any atom is 0.342 e. The molecule has 1 unspecified atom stereocenters. The number of halogens is 1. The van der Waals surface area contributed by atoms with Crippen molar-refractivity contribution in [3.8, 4) is 0 Å². The van der Waals surface area contributed by atoms with Crippen LogP contribution in [-0.4, -0.2) is 27.8 Å². The van der Waals surface area contributed by atoms with E-state index in [1.807, 2.05) is 98.0 Å². The highest BCUT2D eigenvalue weighted by Gasteiger charge is 2.20. The van der Waals surface area contributed by atoms with E-state index in [-0.39, 0.29) is 17.7 Å². The zero-order valence-corrected chi connectivity index (χ0v) is 27.5. The standard InChI is InChI=1S/C39H35ClN2O3S/c1-3-42-36-21-15-28(24-33(36)34-25-29(16-22-37(34)42)38(43)32-13-8-7-10-26(32)2)35(41-45-39(44)27-11-5-4-6-12-27)14-9-23-46-31-19-17-30(40)18-20-31/h4-8,10-11,13,15-22,24-25,27H,3,9,12,14,23H2,1-2H3/b41-35+. The van der Waals surface area contributed by atoms with Crippen molar-refractivity contribution in [2.24, 2.45) is 11.1 Å². The van der Waals surface area contributed by atoms with Crippen LogP contribution in [0, 0.1) is 12.8 Å². The molecule has 0 N–H and O–H groups in total. The van der Waals surface area contributed by atoms with E-state index in [1.165, 1.54) is 0 Å². The largest absolute Gasteiger partial charge is 0.342 e. The fraction of sp³-hybridized carbons (Fsp3) is 0.205. The Morgan fingerprint density at radius 2 is 1.65 bits per heavy atom. The number of fused-ring (bicyclic) bond motifs is 3. The van der Waals surface area contributed by atoms with Crippen LogP contribution in [-0.2, 0) is 16.2 Å². The molecule has 0 fully saturated rings. The molecule has 1 atom stereocenters. The van der Waals surface area contributed by atoms with Crippen LogP contribution in [0.2, 0.25) is 5.02 Å². The Balaban J connectivity index is 1.33. The van der Waals surface area contributed by atoms with Crippen molar-refractivity contribution in [1.82, 2.24) is 4.57 Å². The van der Waals surface area contributed by atoms with Gasteiger partial charge in [0.15, 0.2) is 5.78 Å². The maximum absolute atomic E-state index is 13.6. The van der Waals surface area contributed by atoms with Gasteiger partial charge >= 0.3 is 5.97 Å². The van der Waals surface area contributed by atoms with Crippen LogP contribution in [0.25, 0.3) is 21.8 Å². The topological polar surface area (TPSA) is 60.7 Å². The lowest BCUT2D eigenvalue weighted by atomic mass is 9.97. The third-order valence-electron chi connectivity index (χ3n) is 8.34. The first-order valence-corrected chi connectivity index (χ1v) is 17.0. The second-order valence-electron chi connectivity index (χ2n) is 11.4. The summed E-state index contributed by atoms with van der Waals surface area (Å²) in [5, 5.41) is 7.21. The summed E-state index contributed by atoms with van der Waals surface area (Å²) in [6, 6.07) is 27.8. The molecule has 4 aromatic carbocycles. The number of allylic oxidation sites excluding steroid dienone is 3. The molecule has 0 spiro atoms. The van der Waals surface area contributed by atoms with Gasteiger partial charge in [-0.25, -0.2) is 4.79 Å². The SMILES string of the molecule is CCn1c2ccc(C(=O)c3ccccc3C)cc2c2cc(/C(CCCSc3ccc(Cl)cc3)=N/OC(=O)C3C=CC=CC3)ccc21. The molecule has 1 aliphatic rings. The lowest BCUT2D eigenvalue weighted by Gasteiger charge is -2.11. The lowest BCUT2D eigenvalue weighted by Crippen LogP contribution is -2.15. The van der Waals surface area contributed by atoms with E-state index in [0.29, 0.717) is 29.7 Å². The summed E-state index contributed by atoms with van der Waals surface area (Å²) in [5.74, 6) is 0.167. The van der Waals surface area contributed by atoms with E-state index in [9.17, 15) is 9.59 Å². The second-order valence-corrected chi connectivity index (χ2v) is 13.0. The average molecular weight is 647 g/mol. The van der Waals surface area contributed by atoms with Crippen molar-refractivity contribution in [2.45, 2.75) is 44.6 Å². The Bertz CT molecular complexity index is 2010. The number of aryl methyl sites for hydroxylation is 2. The molecule has 6 rings (SSSR count). The van der Waals surface area contributed by atoms with E-state index in [2.05, 4.69) is 34.8 Å². The van der Waals surface area contributed by atoms with Gasteiger partial charge in [0, 0.05) is 55.0 Å². The monoisotopic (exact) mass is 646 g/mol. The highest BCUT2D eigenvalue weighted by molar-refractivity contribution is 7.99. The molecule has 5 aromatic rings. The van der Waals surface area contributed by atoms with Crippen LogP contribution in [0.4, 0.5) is 0 Å². The van der Waals surface area contributed by atoms with Crippen LogP contribution < -0.4 is 0 Å². The third kappa shape index (κ3) is 6.88. The van der Waals surface area contributed by atoms with Gasteiger partial charge < -0.3 is 9.40 Å². The van der Waals surface area contributed by atoms with Gasteiger partial charge in [0.2, 0.25) is 0 Å². The van der Waals surface area contributed by atoms with Crippen molar-refractivity contribution in [3.05, 3.63) is 137 Å². The van der Waals surface area contributed by atoms with Gasteiger partial charge in [0.05, 0.1) is 11.6 Å². The highest BCUT2D eigenvalue weighted by Crippen LogP contribution is 2.32. The predicted octanol–water partition coefficient (Wildman–Crippen LogP) is 9.96. The van der Waals surface area contributed by atoms with Crippen molar-refractivity contribution in [1.29, 1.82) is 0 Å². The number of rotatable bonds is 11. The van der Waals surface area contributed by atoms with Gasteiger partial charge in [-0.2, -0.15) is 0 Å². The number of ketones is 1. The predicted molar refractivity (Wildman–Crippen MR) is 190 cm³/mol. The van der Waals surface area contributed by atoms with E-state index >= 15 is 0 Å². The number of oxime groups is 1. The normalized spacial score (nSPS) is 14.7. The quantitative estimate of drug-likeness (QED) is 0.0358. The van der Waals surface area contributed by atoms with Crippen LogP contribution >= 0.6 is 23.4 Å². The van der Waals surface area contributed by atoms with Crippen molar-refractivity contribution in [2.75, 3.05) is 5.75 Å². The number of carbonyl (C=O) groups excluding carboxylic acids is 2. The molecule has 0 aliphatic heterocycles. The Hall–Kier alpha value is -4.39. The van der Waals surface area contributed by atoms with Crippen LogP contribution in [0.1, 0.15) is 53.2 Å². The molecular weight excluding hydrogens is 612 g/mol. The maximum atomic E-state index is 13.6. The Labute approximate surface area is 278 Å². The Morgan fingerprint density at radius 1 is 0.935 bits per heavy atom. The van der Waals surface area contributed by atoms with Crippen molar-refractivity contribution < 1.29 is 14.4 Å². The average Bonchev–Trinajstić information content (AvgIpc) is 3.41. The second kappa shape index (κ2) is 14.4. The first kappa shape index (κ1) is 31.6. The van der Waals surface area contributed by atoms with E-state index < -0.39 is 0 Å². The number of hydrogen-bond acceptors (Lipinski definition) is 5. The molecule has 0 radical (unpaired) electrons. The molecule has 1 aliphatic carbocycles. The highest BCUT2D eigenvalue weighted by atomic mass is 35.5. The lowest BCUT2D eigenvalue weighted by molar-refractivity contribution is -0.146. The number of thioether (sulfide) groups is 1. The third-order valence-corrected chi connectivity index (χ3v) is 9.69. The molecule has 7 heteroatoms. The molecule has 0 amide bonds. The smallest absolute Gasteiger partial charge is 0.341 e.